The third kappa shape index (κ3) is 2.58. The molecule has 0 radical (unpaired) electrons. The lowest BCUT2D eigenvalue weighted by Gasteiger charge is -2.47. The van der Waals surface area contributed by atoms with Gasteiger partial charge >= 0.3 is 0 Å². The molecule has 2 aliphatic rings. The van der Waals surface area contributed by atoms with Gasteiger partial charge in [0.15, 0.2) is 0 Å². The lowest BCUT2D eigenvalue weighted by Crippen LogP contribution is -2.58. The van der Waals surface area contributed by atoms with Crippen molar-refractivity contribution >= 4 is 0 Å². The Morgan fingerprint density at radius 1 is 1.44 bits per heavy atom. The fourth-order valence-electron chi connectivity index (χ4n) is 3.02. The van der Waals surface area contributed by atoms with E-state index in [1.54, 1.807) is 0 Å². The molecule has 1 aliphatic heterocycles. The van der Waals surface area contributed by atoms with Crippen LogP contribution in [0.15, 0.2) is 0 Å². The summed E-state index contributed by atoms with van der Waals surface area (Å²) in [6.07, 6.45) is 5.41. The zero-order valence-corrected chi connectivity index (χ0v) is 10.7. The van der Waals surface area contributed by atoms with E-state index in [2.05, 4.69) is 18.7 Å². The van der Waals surface area contributed by atoms with Crippen molar-refractivity contribution in [3.05, 3.63) is 0 Å². The lowest BCUT2D eigenvalue weighted by molar-refractivity contribution is -0.0636. The van der Waals surface area contributed by atoms with Crippen LogP contribution < -0.4 is 5.73 Å². The SMILES string of the molecule is CCN(CC1CC1)C1(CN)CCOC(C)C1. The van der Waals surface area contributed by atoms with E-state index in [1.165, 1.54) is 19.4 Å². The second-order valence-electron chi connectivity index (χ2n) is 5.55. The van der Waals surface area contributed by atoms with Gasteiger partial charge in [0.25, 0.3) is 0 Å². The maximum absolute atomic E-state index is 6.08. The molecule has 0 spiro atoms. The fourth-order valence-corrected chi connectivity index (χ4v) is 3.02. The van der Waals surface area contributed by atoms with Gasteiger partial charge in [-0.2, -0.15) is 0 Å². The van der Waals surface area contributed by atoms with Gasteiger partial charge in [-0.1, -0.05) is 6.92 Å². The molecule has 1 aliphatic carbocycles. The molecule has 1 heterocycles. The number of hydrogen-bond donors (Lipinski definition) is 1. The molecular weight excluding hydrogens is 200 g/mol. The molecule has 16 heavy (non-hydrogen) atoms. The minimum atomic E-state index is 0.217. The Bertz CT molecular complexity index is 230. The first-order chi connectivity index (χ1) is 7.70. The zero-order valence-electron chi connectivity index (χ0n) is 10.7. The minimum absolute atomic E-state index is 0.217. The summed E-state index contributed by atoms with van der Waals surface area (Å²) >= 11 is 0. The van der Waals surface area contributed by atoms with Gasteiger partial charge in [-0.15, -0.1) is 0 Å². The van der Waals surface area contributed by atoms with E-state index in [1.807, 2.05) is 0 Å². The van der Waals surface area contributed by atoms with Crippen molar-refractivity contribution < 1.29 is 4.74 Å². The first kappa shape index (κ1) is 12.3. The van der Waals surface area contributed by atoms with Crippen LogP contribution in [0.2, 0.25) is 0 Å². The van der Waals surface area contributed by atoms with E-state index in [9.17, 15) is 0 Å². The van der Waals surface area contributed by atoms with Crippen molar-refractivity contribution in [2.24, 2.45) is 11.7 Å². The highest BCUT2D eigenvalue weighted by molar-refractivity contribution is 4.97. The molecule has 94 valence electrons. The molecule has 2 rings (SSSR count). The molecule has 2 fully saturated rings. The van der Waals surface area contributed by atoms with Gasteiger partial charge < -0.3 is 10.5 Å². The number of rotatable bonds is 5. The normalized spacial score (nSPS) is 35.6. The molecule has 0 aromatic heterocycles. The number of hydrogen-bond acceptors (Lipinski definition) is 3. The van der Waals surface area contributed by atoms with Crippen LogP contribution in [0.5, 0.6) is 0 Å². The Morgan fingerprint density at radius 2 is 2.19 bits per heavy atom. The van der Waals surface area contributed by atoms with Crippen molar-refractivity contribution in [3.63, 3.8) is 0 Å². The molecule has 3 nitrogen and oxygen atoms in total. The van der Waals surface area contributed by atoms with E-state index in [-0.39, 0.29) is 5.54 Å². The smallest absolute Gasteiger partial charge is 0.0565 e. The molecule has 2 unspecified atom stereocenters. The van der Waals surface area contributed by atoms with Gasteiger partial charge in [0, 0.05) is 25.2 Å². The van der Waals surface area contributed by atoms with Crippen LogP contribution >= 0.6 is 0 Å². The fraction of sp³-hybridized carbons (Fsp3) is 1.00. The number of likely N-dealkylation sites (N-methyl/N-ethyl adjacent to an activating group) is 1. The van der Waals surface area contributed by atoms with Gasteiger partial charge in [0.05, 0.1) is 6.10 Å². The van der Waals surface area contributed by atoms with Gasteiger partial charge in [0.2, 0.25) is 0 Å². The van der Waals surface area contributed by atoms with Crippen LogP contribution in [0.1, 0.15) is 39.5 Å². The number of ether oxygens (including phenoxy) is 1. The van der Waals surface area contributed by atoms with E-state index >= 15 is 0 Å². The number of nitrogens with zero attached hydrogens (tertiary/aromatic N) is 1. The molecule has 0 aromatic carbocycles. The van der Waals surface area contributed by atoms with Crippen LogP contribution in [-0.4, -0.2) is 42.8 Å². The molecule has 0 aromatic rings. The quantitative estimate of drug-likeness (QED) is 0.774. The highest BCUT2D eigenvalue weighted by Gasteiger charge is 2.40. The van der Waals surface area contributed by atoms with Crippen molar-refractivity contribution in [2.45, 2.75) is 51.2 Å². The van der Waals surface area contributed by atoms with Gasteiger partial charge in [-0.05, 0) is 45.1 Å². The first-order valence-electron chi connectivity index (χ1n) is 6.77. The van der Waals surface area contributed by atoms with Gasteiger partial charge in [0.1, 0.15) is 0 Å². The van der Waals surface area contributed by atoms with Gasteiger partial charge in [-0.3, -0.25) is 4.90 Å². The molecule has 0 bridgehead atoms. The monoisotopic (exact) mass is 226 g/mol. The highest BCUT2D eigenvalue weighted by Crippen LogP contribution is 2.36. The Balaban J connectivity index is 2.03. The van der Waals surface area contributed by atoms with Crippen LogP contribution in [0, 0.1) is 5.92 Å². The van der Waals surface area contributed by atoms with Crippen molar-refractivity contribution in [1.82, 2.24) is 4.90 Å². The Hall–Kier alpha value is -0.120. The molecular formula is C13H26N2O. The van der Waals surface area contributed by atoms with Gasteiger partial charge in [-0.25, -0.2) is 0 Å². The van der Waals surface area contributed by atoms with Crippen molar-refractivity contribution in [2.75, 3.05) is 26.2 Å². The highest BCUT2D eigenvalue weighted by atomic mass is 16.5. The summed E-state index contributed by atoms with van der Waals surface area (Å²) in [5.41, 5.74) is 6.29. The predicted molar refractivity (Wildman–Crippen MR) is 66.4 cm³/mol. The molecule has 2 N–H and O–H groups in total. The second kappa shape index (κ2) is 5.03. The maximum atomic E-state index is 6.08. The van der Waals surface area contributed by atoms with E-state index in [0.717, 1.165) is 38.5 Å². The summed E-state index contributed by atoms with van der Waals surface area (Å²) < 4.78 is 5.67. The third-order valence-electron chi connectivity index (χ3n) is 4.25. The molecule has 1 saturated heterocycles. The predicted octanol–water partition coefficient (Wildman–Crippen LogP) is 1.61. The maximum Gasteiger partial charge on any atom is 0.0565 e. The van der Waals surface area contributed by atoms with Crippen LogP contribution in [0.25, 0.3) is 0 Å². The van der Waals surface area contributed by atoms with E-state index < -0.39 is 0 Å². The average Bonchev–Trinajstić information content (AvgIpc) is 3.09. The third-order valence-corrected chi connectivity index (χ3v) is 4.25. The first-order valence-corrected chi connectivity index (χ1v) is 6.77. The lowest BCUT2D eigenvalue weighted by atomic mass is 9.85. The standard InChI is InChI=1S/C13H26N2O/c1-3-15(9-12-4-5-12)13(10-14)6-7-16-11(2)8-13/h11-12H,3-10,14H2,1-2H3. The summed E-state index contributed by atoms with van der Waals surface area (Å²) in [5.74, 6) is 0.946. The second-order valence-corrected chi connectivity index (χ2v) is 5.55. The van der Waals surface area contributed by atoms with E-state index in [0.29, 0.717) is 6.10 Å². The van der Waals surface area contributed by atoms with Crippen LogP contribution in [-0.2, 0) is 4.74 Å². The van der Waals surface area contributed by atoms with E-state index in [4.69, 9.17) is 10.5 Å². The molecule has 3 heteroatoms. The summed E-state index contributed by atoms with van der Waals surface area (Å²) in [5, 5.41) is 0. The summed E-state index contributed by atoms with van der Waals surface area (Å²) in [7, 11) is 0. The zero-order chi connectivity index (χ0) is 11.6. The Labute approximate surface area is 99.3 Å². The summed E-state index contributed by atoms with van der Waals surface area (Å²) in [6, 6.07) is 0. The minimum Gasteiger partial charge on any atom is -0.378 e. The Morgan fingerprint density at radius 3 is 2.69 bits per heavy atom. The molecule has 2 atom stereocenters. The summed E-state index contributed by atoms with van der Waals surface area (Å²) in [4.78, 5) is 2.63. The molecule has 1 saturated carbocycles. The Kier molecular flexibility index (Phi) is 3.88. The largest absolute Gasteiger partial charge is 0.378 e. The van der Waals surface area contributed by atoms with Crippen LogP contribution in [0.3, 0.4) is 0 Å². The van der Waals surface area contributed by atoms with Crippen molar-refractivity contribution in [1.29, 1.82) is 0 Å². The topological polar surface area (TPSA) is 38.5 Å². The average molecular weight is 226 g/mol. The molecule has 0 amide bonds. The summed E-state index contributed by atoms with van der Waals surface area (Å²) in [6.45, 7) is 8.47. The number of nitrogens with two attached hydrogens (primary N) is 1. The van der Waals surface area contributed by atoms with Crippen molar-refractivity contribution in [3.8, 4) is 0 Å². The van der Waals surface area contributed by atoms with Crippen LogP contribution in [0.4, 0.5) is 0 Å².